The average Bonchev–Trinajstić information content (AvgIpc) is 2.60. The van der Waals surface area contributed by atoms with Crippen LogP contribution in [0.5, 0.6) is 0 Å². The van der Waals surface area contributed by atoms with Gasteiger partial charge in [-0.25, -0.2) is 4.79 Å². The van der Waals surface area contributed by atoms with Gasteiger partial charge in [0.05, 0.1) is 25.6 Å². The summed E-state index contributed by atoms with van der Waals surface area (Å²) in [5.41, 5.74) is 1.13. The third-order valence-corrected chi connectivity index (χ3v) is 1.97. The first-order chi connectivity index (χ1) is 6.33. The van der Waals surface area contributed by atoms with Crippen molar-refractivity contribution >= 4 is 17.9 Å². The third kappa shape index (κ3) is 1.22. The lowest BCUT2D eigenvalue weighted by atomic mass is 10.2. The molecule has 0 saturated carbocycles. The number of hydrogen-bond donors (Lipinski definition) is 0. The molecule has 0 atom stereocenters. The maximum Gasteiger partial charge on any atom is 0.358 e. The van der Waals surface area contributed by atoms with Crippen LogP contribution >= 0.6 is 0 Å². The Hall–Kier alpha value is -1.65. The highest BCUT2D eigenvalue weighted by Gasteiger charge is 2.28. The van der Waals surface area contributed by atoms with E-state index < -0.39 is 5.97 Å². The van der Waals surface area contributed by atoms with Gasteiger partial charge in [0.2, 0.25) is 0 Å². The van der Waals surface area contributed by atoms with Crippen molar-refractivity contribution in [2.24, 2.45) is 9.98 Å². The molecule has 5 heteroatoms. The van der Waals surface area contributed by atoms with E-state index in [1.807, 2.05) is 4.90 Å². The first-order valence-electron chi connectivity index (χ1n) is 3.93. The van der Waals surface area contributed by atoms with E-state index in [2.05, 4.69) is 14.7 Å². The Morgan fingerprint density at radius 3 is 3.31 bits per heavy atom. The Labute approximate surface area is 75.4 Å². The lowest BCUT2D eigenvalue weighted by Crippen LogP contribution is -2.28. The number of hydrogen-bond acceptors (Lipinski definition) is 5. The number of carbonyl (C=O) groups excluding carboxylic acids is 1. The molecule has 2 rings (SSSR count). The highest BCUT2D eigenvalue weighted by Crippen LogP contribution is 2.16. The fourth-order valence-corrected chi connectivity index (χ4v) is 1.30. The minimum atomic E-state index is -0.397. The summed E-state index contributed by atoms with van der Waals surface area (Å²) in [6.45, 7) is 1.22. The molecular formula is C8H9N3O2. The van der Waals surface area contributed by atoms with Crippen molar-refractivity contribution in [1.29, 1.82) is 0 Å². The van der Waals surface area contributed by atoms with Crippen molar-refractivity contribution in [3.8, 4) is 0 Å². The standard InChI is InChI=1S/C8H9N3O2/c1-13-8(12)7-6-4-9-2-3-11(6)5-10-7/h2,4H,3,5H2,1H3. The van der Waals surface area contributed by atoms with Gasteiger partial charge in [0.1, 0.15) is 6.67 Å². The van der Waals surface area contributed by atoms with Gasteiger partial charge in [0.15, 0.2) is 5.71 Å². The van der Waals surface area contributed by atoms with Crippen molar-refractivity contribution in [2.45, 2.75) is 0 Å². The van der Waals surface area contributed by atoms with E-state index in [4.69, 9.17) is 0 Å². The number of methoxy groups -OCH3 is 1. The number of ether oxygens (including phenoxy) is 1. The van der Waals surface area contributed by atoms with Crippen molar-refractivity contribution in [3.05, 3.63) is 11.9 Å². The lowest BCUT2D eigenvalue weighted by molar-refractivity contribution is -0.132. The Morgan fingerprint density at radius 1 is 1.69 bits per heavy atom. The Morgan fingerprint density at radius 2 is 2.54 bits per heavy atom. The van der Waals surface area contributed by atoms with Gasteiger partial charge < -0.3 is 9.64 Å². The molecule has 0 aliphatic carbocycles. The summed E-state index contributed by atoms with van der Waals surface area (Å²) in [5.74, 6) is -0.397. The average molecular weight is 179 g/mol. The van der Waals surface area contributed by atoms with Crippen molar-refractivity contribution in [2.75, 3.05) is 20.3 Å². The SMILES string of the molecule is COC(=O)C1=NCN2CC=NC=C12. The van der Waals surface area contributed by atoms with E-state index in [1.165, 1.54) is 7.11 Å². The minimum absolute atomic E-state index is 0.374. The minimum Gasteiger partial charge on any atom is -0.464 e. The molecule has 0 saturated heterocycles. The second-order valence-electron chi connectivity index (χ2n) is 2.71. The second kappa shape index (κ2) is 3.01. The summed E-state index contributed by atoms with van der Waals surface area (Å²) < 4.78 is 4.59. The van der Waals surface area contributed by atoms with Crippen molar-refractivity contribution in [3.63, 3.8) is 0 Å². The molecule has 2 heterocycles. The number of rotatable bonds is 1. The molecule has 2 aliphatic rings. The van der Waals surface area contributed by atoms with Crippen LogP contribution in [0.3, 0.4) is 0 Å². The van der Waals surface area contributed by atoms with E-state index in [1.54, 1.807) is 12.4 Å². The predicted molar refractivity (Wildman–Crippen MR) is 47.6 cm³/mol. The van der Waals surface area contributed by atoms with Gasteiger partial charge in [-0.3, -0.25) is 9.98 Å². The fraction of sp³-hybridized carbons (Fsp3) is 0.375. The second-order valence-corrected chi connectivity index (χ2v) is 2.71. The molecule has 0 bridgehead atoms. The van der Waals surface area contributed by atoms with E-state index >= 15 is 0 Å². The Bertz CT molecular complexity index is 330. The van der Waals surface area contributed by atoms with Crippen LogP contribution in [0.25, 0.3) is 0 Å². The first kappa shape index (κ1) is 7.97. The molecular weight excluding hydrogens is 170 g/mol. The lowest BCUT2D eigenvalue weighted by Gasteiger charge is -2.18. The van der Waals surface area contributed by atoms with Crippen LogP contribution in [0, 0.1) is 0 Å². The Balaban J connectivity index is 2.27. The molecule has 2 aliphatic heterocycles. The van der Waals surface area contributed by atoms with Crippen LogP contribution in [0.4, 0.5) is 0 Å². The largest absolute Gasteiger partial charge is 0.464 e. The van der Waals surface area contributed by atoms with Gasteiger partial charge in [0, 0.05) is 6.21 Å². The summed E-state index contributed by atoms with van der Waals surface area (Å²) in [7, 11) is 1.35. The highest BCUT2D eigenvalue weighted by atomic mass is 16.5. The first-order valence-corrected chi connectivity index (χ1v) is 3.93. The van der Waals surface area contributed by atoms with E-state index in [-0.39, 0.29) is 0 Å². The summed E-state index contributed by atoms with van der Waals surface area (Å²) in [5, 5.41) is 0. The number of carbonyl (C=O) groups is 1. The van der Waals surface area contributed by atoms with Gasteiger partial charge in [-0.15, -0.1) is 0 Å². The van der Waals surface area contributed by atoms with E-state index in [0.29, 0.717) is 18.9 Å². The van der Waals surface area contributed by atoms with Crippen LogP contribution in [0.2, 0.25) is 0 Å². The number of nitrogens with zero attached hydrogens (tertiary/aromatic N) is 3. The van der Waals surface area contributed by atoms with Gasteiger partial charge in [0.25, 0.3) is 0 Å². The van der Waals surface area contributed by atoms with Gasteiger partial charge in [-0.05, 0) is 0 Å². The predicted octanol–water partition coefficient (Wildman–Crippen LogP) is -0.201. The zero-order valence-corrected chi connectivity index (χ0v) is 7.23. The van der Waals surface area contributed by atoms with Crippen LogP contribution in [-0.4, -0.2) is 43.1 Å². The highest BCUT2D eigenvalue weighted by molar-refractivity contribution is 6.43. The molecule has 0 radical (unpaired) electrons. The maximum atomic E-state index is 11.2. The molecule has 0 spiro atoms. The molecule has 0 aromatic rings. The monoisotopic (exact) mass is 179 g/mol. The normalized spacial score (nSPS) is 19.3. The molecule has 0 N–H and O–H groups in total. The Kier molecular flexibility index (Phi) is 1.84. The molecule has 0 amide bonds. The smallest absolute Gasteiger partial charge is 0.358 e. The quantitative estimate of drug-likeness (QED) is 0.524. The zero-order valence-electron chi connectivity index (χ0n) is 7.23. The summed E-state index contributed by atoms with van der Waals surface area (Å²) >= 11 is 0. The van der Waals surface area contributed by atoms with Crippen LogP contribution in [0.15, 0.2) is 21.9 Å². The van der Waals surface area contributed by atoms with E-state index in [9.17, 15) is 4.79 Å². The molecule has 0 aromatic heterocycles. The van der Waals surface area contributed by atoms with Crippen LogP contribution in [0.1, 0.15) is 0 Å². The number of fused-ring (bicyclic) bond motifs is 1. The van der Waals surface area contributed by atoms with E-state index in [0.717, 1.165) is 5.70 Å². The molecule has 13 heavy (non-hydrogen) atoms. The number of esters is 1. The summed E-state index contributed by atoms with van der Waals surface area (Å²) in [6.07, 6.45) is 3.41. The molecule has 0 unspecified atom stereocenters. The zero-order chi connectivity index (χ0) is 9.26. The topological polar surface area (TPSA) is 54.3 Å². The van der Waals surface area contributed by atoms with Crippen molar-refractivity contribution < 1.29 is 9.53 Å². The van der Waals surface area contributed by atoms with Gasteiger partial charge in [-0.2, -0.15) is 0 Å². The summed E-state index contributed by atoms with van der Waals surface area (Å²) in [6, 6.07) is 0. The van der Waals surface area contributed by atoms with Crippen LogP contribution < -0.4 is 0 Å². The van der Waals surface area contributed by atoms with Crippen LogP contribution in [-0.2, 0) is 9.53 Å². The van der Waals surface area contributed by atoms with Gasteiger partial charge in [-0.1, -0.05) is 0 Å². The third-order valence-electron chi connectivity index (χ3n) is 1.97. The maximum absolute atomic E-state index is 11.2. The molecule has 5 nitrogen and oxygen atoms in total. The molecule has 0 aromatic carbocycles. The molecule has 0 fully saturated rings. The fourth-order valence-electron chi connectivity index (χ4n) is 1.30. The van der Waals surface area contributed by atoms with Gasteiger partial charge >= 0.3 is 5.97 Å². The number of aliphatic imine (C=N–C) groups is 2. The van der Waals surface area contributed by atoms with Crippen molar-refractivity contribution in [1.82, 2.24) is 4.90 Å². The summed E-state index contributed by atoms with van der Waals surface area (Å²) in [4.78, 5) is 21.2. The molecule has 68 valence electrons.